The lowest BCUT2D eigenvalue weighted by Crippen LogP contribution is -2.20. The van der Waals surface area contributed by atoms with Gasteiger partial charge in [0.2, 0.25) is 0 Å². The van der Waals surface area contributed by atoms with Crippen LogP contribution in [0.25, 0.3) is 0 Å². The van der Waals surface area contributed by atoms with E-state index in [1.165, 1.54) is 6.07 Å². The third kappa shape index (κ3) is 2.55. The second kappa shape index (κ2) is 4.91. The van der Waals surface area contributed by atoms with Gasteiger partial charge in [-0.25, -0.2) is 4.39 Å². The van der Waals surface area contributed by atoms with Crippen molar-refractivity contribution in [1.82, 2.24) is 0 Å². The second-order valence-corrected chi connectivity index (χ2v) is 3.66. The largest absolute Gasteiger partial charge is 0.481 e. The molecule has 1 aromatic rings. The fourth-order valence-electron chi connectivity index (χ4n) is 1.80. The molecule has 0 radical (unpaired) electrons. The molecule has 2 unspecified atom stereocenters. The summed E-state index contributed by atoms with van der Waals surface area (Å²) in [5, 5.41) is 8.97. The molecule has 1 N–H and O–H groups in total. The van der Waals surface area contributed by atoms with E-state index in [2.05, 4.69) is 0 Å². The van der Waals surface area contributed by atoms with Gasteiger partial charge in [0.05, 0.1) is 5.92 Å². The Bertz CT molecular complexity index is 349. The van der Waals surface area contributed by atoms with Crippen molar-refractivity contribution in [2.45, 2.75) is 26.2 Å². The molecule has 15 heavy (non-hydrogen) atoms. The van der Waals surface area contributed by atoms with Crippen LogP contribution in [0.5, 0.6) is 0 Å². The lowest BCUT2D eigenvalue weighted by atomic mass is 9.85. The van der Waals surface area contributed by atoms with Crippen molar-refractivity contribution in [2.75, 3.05) is 0 Å². The molecule has 0 saturated carbocycles. The minimum atomic E-state index is -0.867. The summed E-state index contributed by atoms with van der Waals surface area (Å²) in [6.45, 7) is 3.55. The van der Waals surface area contributed by atoms with Gasteiger partial charge in [0.1, 0.15) is 5.82 Å². The Morgan fingerprint density at radius 3 is 2.53 bits per heavy atom. The molecule has 0 amide bonds. The van der Waals surface area contributed by atoms with Gasteiger partial charge in [0.25, 0.3) is 0 Å². The monoisotopic (exact) mass is 210 g/mol. The van der Waals surface area contributed by atoms with E-state index >= 15 is 0 Å². The van der Waals surface area contributed by atoms with Crippen molar-refractivity contribution in [2.24, 2.45) is 5.92 Å². The maximum absolute atomic E-state index is 13.4. The maximum Gasteiger partial charge on any atom is 0.307 e. The highest BCUT2D eigenvalue weighted by Crippen LogP contribution is 2.28. The Balaban J connectivity index is 2.97. The second-order valence-electron chi connectivity index (χ2n) is 3.66. The third-order valence-corrected chi connectivity index (χ3v) is 2.76. The summed E-state index contributed by atoms with van der Waals surface area (Å²) in [7, 11) is 0. The van der Waals surface area contributed by atoms with E-state index in [0.29, 0.717) is 12.0 Å². The van der Waals surface area contributed by atoms with Gasteiger partial charge in [0, 0.05) is 0 Å². The number of carboxylic acids is 1. The number of carboxylic acid groups (broad SMARTS) is 1. The van der Waals surface area contributed by atoms with E-state index < -0.39 is 11.9 Å². The molecule has 0 heterocycles. The average Bonchev–Trinajstić information content (AvgIpc) is 2.18. The zero-order chi connectivity index (χ0) is 11.4. The van der Waals surface area contributed by atoms with Gasteiger partial charge in [-0.3, -0.25) is 4.79 Å². The predicted molar refractivity (Wildman–Crippen MR) is 56.2 cm³/mol. The molecule has 0 aromatic heterocycles. The summed E-state index contributed by atoms with van der Waals surface area (Å²) >= 11 is 0. The van der Waals surface area contributed by atoms with E-state index in [1.54, 1.807) is 32.0 Å². The predicted octanol–water partition coefficient (Wildman–Crippen LogP) is 3.04. The molecule has 0 aliphatic rings. The summed E-state index contributed by atoms with van der Waals surface area (Å²) < 4.78 is 13.4. The number of halogens is 1. The quantitative estimate of drug-likeness (QED) is 0.829. The normalized spacial score (nSPS) is 14.6. The van der Waals surface area contributed by atoms with E-state index in [0.717, 1.165) is 0 Å². The topological polar surface area (TPSA) is 37.3 Å². The number of aliphatic carboxylic acids is 1. The number of benzene rings is 1. The maximum atomic E-state index is 13.4. The Morgan fingerprint density at radius 1 is 1.47 bits per heavy atom. The van der Waals surface area contributed by atoms with E-state index in [4.69, 9.17) is 5.11 Å². The summed E-state index contributed by atoms with van der Waals surface area (Å²) in [6, 6.07) is 6.34. The van der Waals surface area contributed by atoms with E-state index in [1.807, 2.05) is 0 Å². The molecule has 0 saturated heterocycles. The first-order valence-corrected chi connectivity index (χ1v) is 5.05. The van der Waals surface area contributed by atoms with Gasteiger partial charge in [-0.1, -0.05) is 32.0 Å². The average molecular weight is 210 g/mol. The SMILES string of the molecule is CCC(C(=O)O)C(C)c1ccccc1F. The standard InChI is InChI=1S/C12H15FO2/c1-3-9(12(14)15)8(2)10-6-4-5-7-11(10)13/h4-9H,3H2,1-2H3,(H,14,15). The fourth-order valence-corrected chi connectivity index (χ4v) is 1.80. The van der Waals surface area contributed by atoms with Gasteiger partial charge in [-0.05, 0) is 24.0 Å². The lowest BCUT2D eigenvalue weighted by Gasteiger charge is -2.19. The summed E-state index contributed by atoms with van der Waals surface area (Å²) in [5.74, 6) is -2.02. The van der Waals surface area contributed by atoms with Crippen molar-refractivity contribution in [3.63, 3.8) is 0 Å². The lowest BCUT2D eigenvalue weighted by molar-refractivity contribution is -0.142. The van der Waals surface area contributed by atoms with Crippen LogP contribution >= 0.6 is 0 Å². The molecular weight excluding hydrogens is 195 g/mol. The molecular formula is C12H15FO2. The van der Waals surface area contributed by atoms with Gasteiger partial charge in [-0.15, -0.1) is 0 Å². The van der Waals surface area contributed by atoms with Gasteiger partial charge >= 0.3 is 5.97 Å². The first-order chi connectivity index (χ1) is 7.07. The first-order valence-electron chi connectivity index (χ1n) is 5.05. The van der Waals surface area contributed by atoms with Crippen molar-refractivity contribution < 1.29 is 14.3 Å². The number of carbonyl (C=O) groups is 1. The Hall–Kier alpha value is -1.38. The molecule has 3 heteroatoms. The first kappa shape index (κ1) is 11.7. The molecule has 0 spiro atoms. The minimum absolute atomic E-state index is 0.298. The summed E-state index contributed by atoms with van der Waals surface area (Å²) in [6.07, 6.45) is 0.505. The van der Waals surface area contributed by atoms with Crippen LogP contribution in [0.4, 0.5) is 4.39 Å². The van der Waals surface area contributed by atoms with E-state index in [9.17, 15) is 9.18 Å². The third-order valence-electron chi connectivity index (χ3n) is 2.76. The smallest absolute Gasteiger partial charge is 0.307 e. The molecule has 2 nitrogen and oxygen atoms in total. The summed E-state index contributed by atoms with van der Waals surface area (Å²) in [5.41, 5.74) is 0.478. The van der Waals surface area contributed by atoms with Crippen LogP contribution in [0.2, 0.25) is 0 Å². The van der Waals surface area contributed by atoms with Crippen molar-refractivity contribution in [3.05, 3.63) is 35.6 Å². The van der Waals surface area contributed by atoms with Gasteiger partial charge in [0.15, 0.2) is 0 Å². The highest BCUT2D eigenvalue weighted by atomic mass is 19.1. The zero-order valence-corrected chi connectivity index (χ0v) is 8.90. The molecule has 0 aliphatic heterocycles. The van der Waals surface area contributed by atoms with Crippen molar-refractivity contribution in [3.8, 4) is 0 Å². The van der Waals surface area contributed by atoms with Crippen LogP contribution in [0.15, 0.2) is 24.3 Å². The molecule has 0 aliphatic carbocycles. The van der Waals surface area contributed by atoms with Crippen LogP contribution in [0.3, 0.4) is 0 Å². The molecule has 1 aromatic carbocycles. The molecule has 1 rings (SSSR count). The van der Waals surface area contributed by atoms with E-state index in [-0.39, 0.29) is 11.7 Å². The Labute approximate surface area is 88.7 Å². The van der Waals surface area contributed by atoms with Gasteiger partial charge < -0.3 is 5.11 Å². The zero-order valence-electron chi connectivity index (χ0n) is 8.90. The Kier molecular flexibility index (Phi) is 3.83. The fraction of sp³-hybridized carbons (Fsp3) is 0.417. The van der Waals surface area contributed by atoms with Crippen LogP contribution in [-0.4, -0.2) is 11.1 Å². The number of hydrogen-bond donors (Lipinski definition) is 1. The van der Waals surface area contributed by atoms with Crippen LogP contribution in [-0.2, 0) is 4.79 Å². The molecule has 82 valence electrons. The highest BCUT2D eigenvalue weighted by Gasteiger charge is 2.25. The van der Waals surface area contributed by atoms with Crippen LogP contribution in [0, 0.1) is 11.7 Å². The highest BCUT2D eigenvalue weighted by molar-refractivity contribution is 5.71. The number of hydrogen-bond acceptors (Lipinski definition) is 1. The molecule has 0 fully saturated rings. The van der Waals surface area contributed by atoms with Gasteiger partial charge in [-0.2, -0.15) is 0 Å². The number of rotatable bonds is 4. The van der Waals surface area contributed by atoms with Crippen molar-refractivity contribution in [1.29, 1.82) is 0 Å². The Morgan fingerprint density at radius 2 is 2.07 bits per heavy atom. The molecule has 2 atom stereocenters. The van der Waals surface area contributed by atoms with Crippen LogP contribution in [0.1, 0.15) is 31.7 Å². The molecule has 0 bridgehead atoms. The summed E-state index contributed by atoms with van der Waals surface area (Å²) in [4.78, 5) is 10.9. The van der Waals surface area contributed by atoms with Crippen LogP contribution < -0.4 is 0 Å². The minimum Gasteiger partial charge on any atom is -0.481 e. The van der Waals surface area contributed by atoms with Crippen molar-refractivity contribution >= 4 is 5.97 Å².